The molecule has 0 saturated heterocycles. The van der Waals surface area contributed by atoms with E-state index in [0.717, 1.165) is 19.3 Å². The van der Waals surface area contributed by atoms with Crippen LogP contribution >= 0.6 is 0 Å². The predicted molar refractivity (Wildman–Crippen MR) is 49.6 cm³/mol. The minimum absolute atomic E-state index is 0.0986. The largest absolute Gasteiger partial charge is 0.396 e. The molecule has 12 heavy (non-hydrogen) atoms. The van der Waals surface area contributed by atoms with Crippen LogP contribution in [0.25, 0.3) is 0 Å². The molecule has 0 spiro atoms. The van der Waals surface area contributed by atoms with Crippen molar-refractivity contribution in [1.82, 2.24) is 0 Å². The van der Waals surface area contributed by atoms with E-state index in [0.29, 0.717) is 13.0 Å². The summed E-state index contributed by atoms with van der Waals surface area (Å²) in [5.74, 6) is 0.0986. The number of carbonyl (C=O) groups is 1. The molecule has 0 unspecified atom stereocenters. The molecule has 0 amide bonds. The summed E-state index contributed by atoms with van der Waals surface area (Å²) in [6.07, 6.45) is 4.48. The van der Waals surface area contributed by atoms with Gasteiger partial charge in [0.25, 0.3) is 0 Å². The second-order valence-corrected chi connectivity index (χ2v) is 2.68. The van der Waals surface area contributed by atoms with E-state index < -0.39 is 0 Å². The third kappa shape index (κ3) is 7.41. The quantitative estimate of drug-likeness (QED) is 0.462. The zero-order valence-corrected chi connectivity index (χ0v) is 7.62. The van der Waals surface area contributed by atoms with Gasteiger partial charge in [-0.15, -0.1) is 0 Å². The second kappa shape index (κ2) is 8.40. The molecule has 0 aromatic carbocycles. The van der Waals surface area contributed by atoms with Gasteiger partial charge in [-0.2, -0.15) is 0 Å². The maximum atomic E-state index is 10.9. The van der Waals surface area contributed by atoms with Gasteiger partial charge in [-0.3, -0.25) is 9.79 Å². The standard InChI is InChI=1S/C9H17NO2/c1-2-5-9(12)8-10-6-3-4-7-11/h8,11H,2-7H2,1H3/b10-8-. The van der Waals surface area contributed by atoms with Crippen molar-refractivity contribution in [3.8, 4) is 0 Å². The maximum Gasteiger partial charge on any atom is 0.173 e. The van der Waals surface area contributed by atoms with E-state index in [1.165, 1.54) is 6.21 Å². The first-order valence-electron chi connectivity index (χ1n) is 4.44. The van der Waals surface area contributed by atoms with E-state index in [2.05, 4.69) is 4.99 Å². The number of aliphatic hydroxyl groups excluding tert-OH is 1. The van der Waals surface area contributed by atoms with E-state index in [4.69, 9.17) is 5.11 Å². The lowest BCUT2D eigenvalue weighted by Crippen LogP contribution is -1.98. The van der Waals surface area contributed by atoms with Gasteiger partial charge >= 0.3 is 0 Å². The normalized spacial score (nSPS) is 10.8. The van der Waals surface area contributed by atoms with Gasteiger partial charge in [-0.05, 0) is 19.3 Å². The average molecular weight is 171 g/mol. The summed E-state index contributed by atoms with van der Waals surface area (Å²) in [5.41, 5.74) is 0. The molecule has 0 atom stereocenters. The first kappa shape index (κ1) is 11.3. The van der Waals surface area contributed by atoms with Gasteiger partial charge in [0.1, 0.15) is 0 Å². The monoisotopic (exact) mass is 171 g/mol. The van der Waals surface area contributed by atoms with Gasteiger partial charge in [0.2, 0.25) is 0 Å². The molecule has 0 radical (unpaired) electrons. The summed E-state index contributed by atoms with van der Waals surface area (Å²) < 4.78 is 0. The number of ketones is 1. The summed E-state index contributed by atoms with van der Waals surface area (Å²) in [6.45, 7) is 2.83. The van der Waals surface area contributed by atoms with Crippen molar-refractivity contribution >= 4 is 12.0 Å². The topological polar surface area (TPSA) is 49.7 Å². The Kier molecular flexibility index (Phi) is 7.91. The fourth-order valence-corrected chi connectivity index (χ4v) is 0.792. The van der Waals surface area contributed by atoms with Crippen LogP contribution in [0.4, 0.5) is 0 Å². The molecular formula is C9H17NO2. The summed E-state index contributed by atoms with van der Waals surface area (Å²) in [6, 6.07) is 0. The number of rotatable bonds is 7. The van der Waals surface area contributed by atoms with Crippen molar-refractivity contribution in [2.45, 2.75) is 32.6 Å². The Morgan fingerprint density at radius 3 is 2.83 bits per heavy atom. The molecule has 0 bridgehead atoms. The minimum atomic E-state index is 0.0986. The van der Waals surface area contributed by atoms with E-state index in [-0.39, 0.29) is 12.4 Å². The molecule has 1 N–H and O–H groups in total. The minimum Gasteiger partial charge on any atom is -0.396 e. The Morgan fingerprint density at radius 1 is 1.50 bits per heavy atom. The average Bonchev–Trinajstić information content (AvgIpc) is 2.05. The van der Waals surface area contributed by atoms with Crippen molar-refractivity contribution in [1.29, 1.82) is 0 Å². The van der Waals surface area contributed by atoms with E-state index >= 15 is 0 Å². The summed E-state index contributed by atoms with van der Waals surface area (Å²) in [7, 11) is 0. The number of aliphatic imine (C=N–C) groups is 1. The predicted octanol–water partition coefficient (Wildman–Crippen LogP) is 1.20. The Morgan fingerprint density at radius 2 is 2.25 bits per heavy atom. The van der Waals surface area contributed by atoms with Gasteiger partial charge in [0.05, 0.1) is 6.21 Å². The Labute approximate surface area is 73.5 Å². The molecule has 0 aliphatic carbocycles. The molecule has 0 fully saturated rings. The van der Waals surface area contributed by atoms with Gasteiger partial charge in [-0.1, -0.05) is 6.92 Å². The fraction of sp³-hybridized carbons (Fsp3) is 0.778. The third-order valence-corrected chi connectivity index (χ3v) is 1.43. The lowest BCUT2D eigenvalue weighted by Gasteiger charge is -1.91. The molecule has 0 aromatic rings. The van der Waals surface area contributed by atoms with Crippen molar-refractivity contribution < 1.29 is 9.90 Å². The number of aliphatic hydroxyl groups is 1. The highest BCUT2D eigenvalue weighted by Gasteiger charge is 1.92. The number of nitrogens with zero attached hydrogens (tertiary/aromatic N) is 1. The van der Waals surface area contributed by atoms with Gasteiger partial charge in [-0.25, -0.2) is 0 Å². The number of unbranched alkanes of at least 4 members (excludes halogenated alkanes) is 1. The van der Waals surface area contributed by atoms with Crippen LogP contribution in [0.15, 0.2) is 4.99 Å². The van der Waals surface area contributed by atoms with Crippen LogP contribution in [0.2, 0.25) is 0 Å². The maximum absolute atomic E-state index is 10.9. The molecule has 0 saturated carbocycles. The van der Waals surface area contributed by atoms with Crippen molar-refractivity contribution in [2.75, 3.05) is 13.2 Å². The van der Waals surface area contributed by atoms with E-state index in [9.17, 15) is 4.79 Å². The van der Waals surface area contributed by atoms with Crippen LogP contribution in [-0.2, 0) is 4.79 Å². The van der Waals surface area contributed by atoms with Crippen molar-refractivity contribution in [2.24, 2.45) is 4.99 Å². The van der Waals surface area contributed by atoms with Crippen LogP contribution in [0.1, 0.15) is 32.6 Å². The molecule has 3 heteroatoms. The first-order valence-corrected chi connectivity index (χ1v) is 4.44. The Bertz CT molecular complexity index is 143. The summed E-state index contributed by atoms with van der Waals surface area (Å²) in [4.78, 5) is 14.8. The Balaban J connectivity index is 3.29. The molecule has 70 valence electrons. The van der Waals surface area contributed by atoms with Crippen molar-refractivity contribution in [3.63, 3.8) is 0 Å². The molecule has 0 aromatic heterocycles. The molecule has 0 aliphatic heterocycles. The first-order chi connectivity index (χ1) is 5.81. The van der Waals surface area contributed by atoms with Gasteiger partial charge < -0.3 is 5.11 Å². The smallest absolute Gasteiger partial charge is 0.173 e. The SMILES string of the molecule is CCCC(=O)/C=N\CCCCO. The molecule has 0 rings (SSSR count). The fourth-order valence-electron chi connectivity index (χ4n) is 0.792. The number of hydrogen-bond acceptors (Lipinski definition) is 3. The zero-order chi connectivity index (χ0) is 9.23. The lowest BCUT2D eigenvalue weighted by molar-refractivity contribution is -0.112. The molecule has 3 nitrogen and oxygen atoms in total. The molecule has 0 heterocycles. The van der Waals surface area contributed by atoms with Crippen LogP contribution in [0, 0.1) is 0 Å². The van der Waals surface area contributed by atoms with Crippen LogP contribution < -0.4 is 0 Å². The molecule has 0 aliphatic rings. The van der Waals surface area contributed by atoms with E-state index in [1.807, 2.05) is 6.92 Å². The van der Waals surface area contributed by atoms with E-state index in [1.54, 1.807) is 0 Å². The summed E-state index contributed by atoms with van der Waals surface area (Å²) >= 11 is 0. The highest BCUT2D eigenvalue weighted by atomic mass is 16.2. The second-order valence-electron chi connectivity index (χ2n) is 2.68. The van der Waals surface area contributed by atoms with Crippen LogP contribution in [0.5, 0.6) is 0 Å². The van der Waals surface area contributed by atoms with Crippen molar-refractivity contribution in [3.05, 3.63) is 0 Å². The lowest BCUT2D eigenvalue weighted by atomic mass is 10.2. The summed E-state index contributed by atoms with van der Waals surface area (Å²) in [5, 5.41) is 8.44. The van der Waals surface area contributed by atoms with Gasteiger partial charge in [0, 0.05) is 19.6 Å². The number of hydrogen-bond donors (Lipinski definition) is 1. The van der Waals surface area contributed by atoms with Crippen LogP contribution in [0.3, 0.4) is 0 Å². The zero-order valence-electron chi connectivity index (χ0n) is 7.62. The highest BCUT2D eigenvalue weighted by molar-refractivity contribution is 6.27. The third-order valence-electron chi connectivity index (χ3n) is 1.43. The van der Waals surface area contributed by atoms with Crippen LogP contribution in [-0.4, -0.2) is 30.3 Å². The molecular weight excluding hydrogens is 154 g/mol. The van der Waals surface area contributed by atoms with Gasteiger partial charge in [0.15, 0.2) is 5.78 Å². The number of Topliss-reactive ketones (excluding diaryl/α,β-unsaturated/α-hetero) is 1. The highest BCUT2D eigenvalue weighted by Crippen LogP contribution is 1.89. The Hall–Kier alpha value is -0.700. The number of carbonyl (C=O) groups excluding carboxylic acids is 1.